The Balaban J connectivity index is 1.54. The van der Waals surface area contributed by atoms with E-state index in [0.29, 0.717) is 28.1 Å². The molecule has 0 aliphatic heterocycles. The molecule has 6 nitrogen and oxygen atoms in total. The van der Waals surface area contributed by atoms with Crippen molar-refractivity contribution in [3.63, 3.8) is 0 Å². The number of carbonyl (C=O) groups excluding carboxylic acids is 1. The van der Waals surface area contributed by atoms with Crippen molar-refractivity contribution in [3.05, 3.63) is 52.4 Å². The monoisotopic (exact) mass is 465 g/mol. The van der Waals surface area contributed by atoms with Crippen molar-refractivity contribution >= 4 is 34.1 Å². The van der Waals surface area contributed by atoms with E-state index in [-0.39, 0.29) is 23.5 Å². The molecule has 0 bridgehead atoms. The molecule has 2 aromatic heterocycles. The number of amides is 1. The fourth-order valence-corrected chi connectivity index (χ4v) is 4.29. The van der Waals surface area contributed by atoms with Gasteiger partial charge in [-0.15, -0.1) is 0 Å². The minimum atomic E-state index is -4.56. The number of aryl methyl sites for hydroxylation is 1. The maximum atomic E-state index is 13.4. The molecule has 1 amide bonds. The number of alkyl halides is 3. The molecule has 0 saturated heterocycles. The summed E-state index contributed by atoms with van der Waals surface area (Å²) in [7, 11) is 1.77. The smallest absolute Gasteiger partial charge is 0.382 e. The Morgan fingerprint density at radius 1 is 1.22 bits per heavy atom. The quantitative estimate of drug-likeness (QED) is 0.562. The normalized spacial score (nSPS) is 19.2. The molecule has 4 rings (SSSR count). The molecule has 1 aliphatic carbocycles. The van der Waals surface area contributed by atoms with Crippen LogP contribution in [0.3, 0.4) is 0 Å². The van der Waals surface area contributed by atoms with Gasteiger partial charge in [0.05, 0.1) is 17.3 Å². The Hall–Kier alpha value is -2.81. The summed E-state index contributed by atoms with van der Waals surface area (Å²) in [6.45, 7) is 1.82. The number of aromatic nitrogens is 3. The minimum Gasteiger partial charge on any atom is -0.382 e. The van der Waals surface area contributed by atoms with E-state index in [0.717, 1.165) is 31.0 Å². The second-order valence-electron chi connectivity index (χ2n) is 8.16. The minimum absolute atomic E-state index is 0.0906. The van der Waals surface area contributed by atoms with E-state index in [1.807, 2.05) is 6.92 Å². The number of pyridine rings is 1. The van der Waals surface area contributed by atoms with Gasteiger partial charge in [-0.2, -0.15) is 18.3 Å². The summed E-state index contributed by atoms with van der Waals surface area (Å²) >= 11 is 6.08. The molecule has 2 heterocycles. The van der Waals surface area contributed by atoms with E-state index in [1.54, 1.807) is 17.8 Å². The lowest BCUT2D eigenvalue weighted by atomic mass is 9.90. The Kier molecular flexibility index (Phi) is 6.03. The third-order valence-corrected chi connectivity index (χ3v) is 6.15. The van der Waals surface area contributed by atoms with Gasteiger partial charge < -0.3 is 10.6 Å². The van der Waals surface area contributed by atoms with Gasteiger partial charge in [-0.25, -0.2) is 4.98 Å². The molecule has 10 heteroatoms. The van der Waals surface area contributed by atoms with E-state index < -0.39 is 11.9 Å². The van der Waals surface area contributed by atoms with Crippen LogP contribution in [0.25, 0.3) is 10.9 Å². The topological polar surface area (TPSA) is 71.8 Å². The third-order valence-electron chi connectivity index (χ3n) is 5.91. The molecule has 0 radical (unpaired) electrons. The van der Waals surface area contributed by atoms with E-state index in [2.05, 4.69) is 20.7 Å². The van der Waals surface area contributed by atoms with Crippen molar-refractivity contribution in [2.24, 2.45) is 7.05 Å². The largest absolute Gasteiger partial charge is 0.433 e. The fraction of sp³-hybridized carbons (Fsp3) is 0.409. The van der Waals surface area contributed by atoms with Gasteiger partial charge in [0.1, 0.15) is 5.69 Å². The maximum Gasteiger partial charge on any atom is 0.433 e. The first-order valence-electron chi connectivity index (χ1n) is 10.4. The number of nitrogens with zero attached hydrogens (tertiary/aromatic N) is 3. The van der Waals surface area contributed by atoms with Crippen molar-refractivity contribution < 1.29 is 18.0 Å². The number of hydrogen-bond acceptors (Lipinski definition) is 4. The average Bonchev–Trinajstić information content (AvgIpc) is 3.06. The van der Waals surface area contributed by atoms with E-state index in [9.17, 15) is 18.0 Å². The van der Waals surface area contributed by atoms with Gasteiger partial charge >= 0.3 is 6.18 Å². The van der Waals surface area contributed by atoms with Crippen LogP contribution in [0.2, 0.25) is 5.02 Å². The fourth-order valence-electron chi connectivity index (χ4n) is 4.12. The molecule has 0 spiro atoms. The summed E-state index contributed by atoms with van der Waals surface area (Å²) in [4.78, 5) is 16.4. The lowest BCUT2D eigenvalue weighted by molar-refractivity contribution is -0.140. The van der Waals surface area contributed by atoms with E-state index >= 15 is 0 Å². The van der Waals surface area contributed by atoms with Gasteiger partial charge in [-0.05, 0) is 56.9 Å². The van der Waals surface area contributed by atoms with Crippen LogP contribution in [0.1, 0.15) is 47.4 Å². The Morgan fingerprint density at radius 3 is 2.66 bits per heavy atom. The number of carbonyl (C=O) groups is 1. The molecule has 1 aliphatic rings. The Morgan fingerprint density at radius 2 is 1.97 bits per heavy atom. The van der Waals surface area contributed by atoms with Crippen LogP contribution in [0.15, 0.2) is 30.5 Å². The molecule has 2 atom stereocenters. The van der Waals surface area contributed by atoms with Crippen LogP contribution in [-0.4, -0.2) is 32.8 Å². The Labute approximate surface area is 188 Å². The maximum absolute atomic E-state index is 13.4. The molecular weight excluding hydrogens is 443 g/mol. The zero-order valence-corrected chi connectivity index (χ0v) is 18.4. The summed E-state index contributed by atoms with van der Waals surface area (Å²) in [5, 5.41) is 11.3. The number of rotatable bonds is 4. The molecule has 1 aromatic carbocycles. The highest BCUT2D eigenvalue weighted by Crippen LogP contribution is 2.35. The predicted molar refractivity (Wildman–Crippen MR) is 117 cm³/mol. The average molecular weight is 466 g/mol. The lowest BCUT2D eigenvalue weighted by Crippen LogP contribution is -2.42. The number of halogens is 4. The second-order valence-corrected chi connectivity index (χ2v) is 8.60. The molecular formula is C22H23ClF3N5O. The lowest BCUT2D eigenvalue weighted by Gasteiger charge is -2.31. The van der Waals surface area contributed by atoms with Crippen LogP contribution < -0.4 is 10.6 Å². The molecule has 1 saturated carbocycles. The second kappa shape index (κ2) is 8.61. The molecule has 32 heavy (non-hydrogen) atoms. The van der Waals surface area contributed by atoms with Crippen LogP contribution >= 0.6 is 11.6 Å². The van der Waals surface area contributed by atoms with E-state index in [1.165, 1.54) is 18.3 Å². The summed E-state index contributed by atoms with van der Waals surface area (Å²) in [5.74, 6) is -0.193. The summed E-state index contributed by atoms with van der Waals surface area (Å²) in [6.07, 6.45) is -0.00502. The first kappa shape index (κ1) is 22.4. The van der Waals surface area contributed by atoms with Gasteiger partial charge in [0, 0.05) is 40.9 Å². The van der Waals surface area contributed by atoms with Crippen LogP contribution in [0.5, 0.6) is 0 Å². The third kappa shape index (κ3) is 4.67. The van der Waals surface area contributed by atoms with Crippen molar-refractivity contribution in [1.29, 1.82) is 0 Å². The van der Waals surface area contributed by atoms with Crippen LogP contribution in [-0.2, 0) is 13.2 Å². The molecule has 0 unspecified atom stereocenters. The van der Waals surface area contributed by atoms with Gasteiger partial charge in [0.2, 0.25) is 0 Å². The first-order valence-corrected chi connectivity index (χ1v) is 10.7. The van der Waals surface area contributed by atoms with Gasteiger partial charge in [-0.3, -0.25) is 9.48 Å². The molecule has 170 valence electrons. The van der Waals surface area contributed by atoms with E-state index in [4.69, 9.17) is 11.6 Å². The molecule has 3 aromatic rings. The highest BCUT2D eigenvalue weighted by molar-refractivity contribution is 6.31. The van der Waals surface area contributed by atoms with Crippen molar-refractivity contribution in [3.8, 4) is 0 Å². The first-order chi connectivity index (χ1) is 15.1. The number of hydrogen-bond donors (Lipinski definition) is 2. The van der Waals surface area contributed by atoms with Crippen molar-refractivity contribution in [2.45, 2.75) is 50.9 Å². The summed E-state index contributed by atoms with van der Waals surface area (Å²) < 4.78 is 41.8. The highest BCUT2D eigenvalue weighted by Gasteiger charge is 2.34. The SMILES string of the molecule is Cc1c(C(=O)N[C@@H]2CCC[C@H](Nc3cc(C(F)(F)F)nc4ccc(Cl)cc34)C2)cnn1C. The number of anilines is 1. The van der Waals surface area contributed by atoms with Gasteiger partial charge in [0.25, 0.3) is 5.91 Å². The summed E-state index contributed by atoms with van der Waals surface area (Å²) in [5.41, 5.74) is 0.895. The zero-order chi connectivity index (χ0) is 23.0. The Bertz CT molecular complexity index is 1160. The van der Waals surface area contributed by atoms with Crippen LogP contribution in [0.4, 0.5) is 18.9 Å². The molecule has 1 fully saturated rings. The predicted octanol–water partition coefficient (Wildman–Crippen LogP) is 5.10. The molecule has 2 N–H and O–H groups in total. The van der Waals surface area contributed by atoms with Crippen LogP contribution in [0, 0.1) is 6.92 Å². The standard InChI is InChI=1S/C22H23ClF3N5O/c1-12-17(11-27-31(12)2)21(32)29-15-5-3-4-14(9-15)28-19-10-20(22(24,25)26)30-18-7-6-13(23)8-16(18)19/h6-8,10-11,14-15H,3-5,9H2,1-2H3,(H,28,30)(H,29,32)/t14-,15+/m0/s1. The van der Waals surface area contributed by atoms with Gasteiger partial charge in [-0.1, -0.05) is 11.6 Å². The number of fused-ring (bicyclic) bond motifs is 1. The number of nitrogens with one attached hydrogen (secondary N) is 2. The van der Waals surface area contributed by atoms with Crippen molar-refractivity contribution in [1.82, 2.24) is 20.1 Å². The summed E-state index contributed by atoms with van der Waals surface area (Å²) in [6, 6.07) is 5.45. The number of benzene rings is 1. The highest BCUT2D eigenvalue weighted by atomic mass is 35.5. The zero-order valence-electron chi connectivity index (χ0n) is 17.6. The van der Waals surface area contributed by atoms with Crippen molar-refractivity contribution in [2.75, 3.05) is 5.32 Å². The van der Waals surface area contributed by atoms with Gasteiger partial charge in [0.15, 0.2) is 0 Å².